The smallest absolute Gasteiger partial charge is 0.348 e. The summed E-state index contributed by atoms with van der Waals surface area (Å²) in [6, 6.07) is 3.54. The minimum absolute atomic E-state index is 0.166. The van der Waals surface area contributed by atoms with Gasteiger partial charge in [-0.3, -0.25) is 0 Å². The SMILES string of the molecule is Cc1c(-c2ccco2)sc(C(=O)O)c1N. The Hall–Kier alpha value is -1.75. The number of carboxylic acids is 1. The van der Waals surface area contributed by atoms with Gasteiger partial charge in [-0.15, -0.1) is 11.3 Å². The van der Waals surface area contributed by atoms with Gasteiger partial charge in [-0.25, -0.2) is 4.79 Å². The standard InChI is InChI=1S/C10H9NO3S/c1-5-7(11)9(10(12)13)15-8(5)6-3-2-4-14-6/h2-4H,11H2,1H3,(H,12,13). The summed E-state index contributed by atoms with van der Waals surface area (Å²) in [5.74, 6) is -0.352. The summed E-state index contributed by atoms with van der Waals surface area (Å²) >= 11 is 1.13. The Morgan fingerprint density at radius 1 is 1.60 bits per heavy atom. The predicted molar refractivity (Wildman–Crippen MR) is 58.1 cm³/mol. The van der Waals surface area contributed by atoms with Gasteiger partial charge >= 0.3 is 5.97 Å². The van der Waals surface area contributed by atoms with E-state index in [1.54, 1.807) is 25.3 Å². The summed E-state index contributed by atoms with van der Waals surface area (Å²) in [4.78, 5) is 11.8. The minimum Gasteiger partial charge on any atom is -0.477 e. The molecule has 2 aromatic rings. The molecule has 0 amide bonds. The number of hydrogen-bond donors (Lipinski definition) is 2. The van der Waals surface area contributed by atoms with Crippen molar-refractivity contribution in [2.24, 2.45) is 0 Å². The van der Waals surface area contributed by atoms with Crippen LogP contribution in [0.25, 0.3) is 10.6 Å². The second-order valence-corrected chi connectivity index (χ2v) is 4.10. The minimum atomic E-state index is -1.00. The van der Waals surface area contributed by atoms with Crippen molar-refractivity contribution < 1.29 is 14.3 Å². The van der Waals surface area contributed by atoms with Crippen molar-refractivity contribution in [3.05, 3.63) is 28.8 Å². The monoisotopic (exact) mass is 223 g/mol. The molecule has 2 rings (SSSR count). The first-order chi connectivity index (χ1) is 7.11. The second-order valence-electron chi connectivity index (χ2n) is 3.08. The van der Waals surface area contributed by atoms with Gasteiger partial charge in [0.25, 0.3) is 0 Å². The normalized spacial score (nSPS) is 10.5. The van der Waals surface area contributed by atoms with Crippen LogP contribution in [-0.2, 0) is 0 Å². The molecular formula is C10H9NO3S. The van der Waals surface area contributed by atoms with Crippen LogP contribution in [0.4, 0.5) is 5.69 Å². The van der Waals surface area contributed by atoms with Gasteiger partial charge in [-0.2, -0.15) is 0 Å². The maximum absolute atomic E-state index is 10.9. The first kappa shape index (κ1) is 9.79. The van der Waals surface area contributed by atoms with Gasteiger partial charge in [0.1, 0.15) is 10.6 Å². The highest BCUT2D eigenvalue weighted by atomic mass is 32.1. The molecule has 0 unspecified atom stereocenters. The van der Waals surface area contributed by atoms with Crippen LogP contribution in [0.3, 0.4) is 0 Å². The number of nitrogen functional groups attached to an aromatic ring is 1. The largest absolute Gasteiger partial charge is 0.477 e. The van der Waals surface area contributed by atoms with Gasteiger partial charge < -0.3 is 15.3 Å². The van der Waals surface area contributed by atoms with Gasteiger partial charge in [0, 0.05) is 0 Å². The van der Waals surface area contributed by atoms with Crippen molar-refractivity contribution >= 4 is 23.0 Å². The third-order valence-electron chi connectivity index (χ3n) is 2.13. The number of anilines is 1. The number of thiophene rings is 1. The zero-order chi connectivity index (χ0) is 11.0. The summed E-state index contributed by atoms with van der Waals surface area (Å²) < 4.78 is 5.21. The molecule has 0 saturated heterocycles. The first-order valence-electron chi connectivity index (χ1n) is 4.27. The van der Waals surface area contributed by atoms with E-state index in [0.29, 0.717) is 11.4 Å². The van der Waals surface area contributed by atoms with E-state index >= 15 is 0 Å². The number of aromatic carboxylic acids is 1. The van der Waals surface area contributed by atoms with Crippen LogP contribution in [0.15, 0.2) is 22.8 Å². The highest BCUT2D eigenvalue weighted by molar-refractivity contribution is 7.18. The maximum atomic E-state index is 10.9. The van der Waals surface area contributed by atoms with Crippen LogP contribution >= 0.6 is 11.3 Å². The Labute approximate surface area is 89.9 Å². The maximum Gasteiger partial charge on any atom is 0.348 e. The van der Waals surface area contributed by atoms with Crippen molar-refractivity contribution in [3.63, 3.8) is 0 Å². The lowest BCUT2D eigenvalue weighted by atomic mass is 10.2. The van der Waals surface area contributed by atoms with E-state index < -0.39 is 5.97 Å². The van der Waals surface area contributed by atoms with E-state index in [9.17, 15) is 4.79 Å². The molecule has 3 N–H and O–H groups in total. The van der Waals surface area contributed by atoms with Crippen LogP contribution in [0.5, 0.6) is 0 Å². The van der Waals surface area contributed by atoms with E-state index in [1.807, 2.05) is 0 Å². The average Bonchev–Trinajstić information content (AvgIpc) is 2.77. The molecule has 2 aromatic heterocycles. The van der Waals surface area contributed by atoms with Gasteiger partial charge in [-0.1, -0.05) is 0 Å². The van der Waals surface area contributed by atoms with Gasteiger partial charge in [0.15, 0.2) is 0 Å². The highest BCUT2D eigenvalue weighted by Gasteiger charge is 2.19. The zero-order valence-corrected chi connectivity index (χ0v) is 8.80. The number of nitrogens with two attached hydrogens (primary N) is 1. The van der Waals surface area contributed by atoms with Crippen LogP contribution in [0, 0.1) is 6.92 Å². The molecule has 0 bridgehead atoms. The first-order valence-corrected chi connectivity index (χ1v) is 5.09. The van der Waals surface area contributed by atoms with Crippen molar-refractivity contribution in [3.8, 4) is 10.6 Å². The van der Waals surface area contributed by atoms with Crippen molar-refractivity contribution in [1.29, 1.82) is 0 Å². The van der Waals surface area contributed by atoms with Crippen molar-refractivity contribution in [2.75, 3.05) is 5.73 Å². The fraction of sp³-hybridized carbons (Fsp3) is 0.100. The summed E-state index contributed by atoms with van der Waals surface area (Å²) in [7, 11) is 0. The molecule has 2 heterocycles. The van der Waals surface area contributed by atoms with Crippen LogP contribution in [0.1, 0.15) is 15.2 Å². The lowest BCUT2D eigenvalue weighted by Gasteiger charge is -1.94. The van der Waals surface area contributed by atoms with Gasteiger partial charge in [0.2, 0.25) is 0 Å². The topological polar surface area (TPSA) is 76.5 Å². The Morgan fingerprint density at radius 2 is 2.33 bits per heavy atom. The zero-order valence-electron chi connectivity index (χ0n) is 7.98. The number of rotatable bonds is 2. The van der Waals surface area contributed by atoms with E-state index in [2.05, 4.69) is 0 Å². The number of carboxylic acid groups (broad SMARTS) is 1. The Morgan fingerprint density at radius 3 is 2.80 bits per heavy atom. The van der Waals surface area contributed by atoms with E-state index in [4.69, 9.17) is 15.3 Å². The quantitative estimate of drug-likeness (QED) is 0.820. The molecule has 15 heavy (non-hydrogen) atoms. The molecule has 0 saturated carbocycles. The molecule has 0 radical (unpaired) electrons. The molecule has 0 aliphatic heterocycles. The van der Waals surface area contributed by atoms with Crippen molar-refractivity contribution in [1.82, 2.24) is 0 Å². The Kier molecular flexibility index (Phi) is 2.24. The lowest BCUT2D eigenvalue weighted by molar-refractivity contribution is 0.0703. The molecule has 0 fully saturated rings. The fourth-order valence-electron chi connectivity index (χ4n) is 1.33. The summed E-state index contributed by atoms with van der Waals surface area (Å²) in [6.45, 7) is 1.79. The molecule has 0 aliphatic rings. The molecule has 78 valence electrons. The summed E-state index contributed by atoms with van der Waals surface area (Å²) in [5, 5.41) is 8.90. The lowest BCUT2D eigenvalue weighted by Crippen LogP contribution is -1.97. The molecular weight excluding hydrogens is 214 g/mol. The van der Waals surface area contributed by atoms with Crippen LogP contribution in [-0.4, -0.2) is 11.1 Å². The van der Waals surface area contributed by atoms with E-state index in [0.717, 1.165) is 21.8 Å². The molecule has 0 atom stereocenters. The van der Waals surface area contributed by atoms with E-state index in [1.165, 1.54) is 0 Å². The molecule has 0 aromatic carbocycles. The second kappa shape index (κ2) is 3.43. The molecule has 0 aliphatic carbocycles. The molecule has 4 nitrogen and oxygen atoms in total. The molecule has 5 heteroatoms. The Bertz CT molecular complexity index is 499. The van der Waals surface area contributed by atoms with Gasteiger partial charge in [0.05, 0.1) is 16.8 Å². The summed E-state index contributed by atoms with van der Waals surface area (Å²) in [6.07, 6.45) is 1.55. The number of hydrogen-bond acceptors (Lipinski definition) is 4. The predicted octanol–water partition coefficient (Wildman–Crippen LogP) is 2.60. The van der Waals surface area contributed by atoms with Crippen LogP contribution < -0.4 is 5.73 Å². The average molecular weight is 223 g/mol. The number of carbonyl (C=O) groups is 1. The highest BCUT2D eigenvalue weighted by Crippen LogP contribution is 2.38. The van der Waals surface area contributed by atoms with Crippen LogP contribution in [0.2, 0.25) is 0 Å². The van der Waals surface area contributed by atoms with Gasteiger partial charge in [-0.05, 0) is 24.6 Å². The summed E-state index contributed by atoms with van der Waals surface area (Å²) in [5.41, 5.74) is 6.77. The fourth-order valence-corrected chi connectivity index (χ4v) is 2.36. The number of furan rings is 1. The van der Waals surface area contributed by atoms with E-state index in [-0.39, 0.29) is 4.88 Å². The Balaban J connectivity index is 2.60. The van der Waals surface area contributed by atoms with Crippen molar-refractivity contribution in [2.45, 2.75) is 6.92 Å². The third kappa shape index (κ3) is 1.50. The third-order valence-corrected chi connectivity index (χ3v) is 3.44. The molecule has 0 spiro atoms.